The van der Waals surface area contributed by atoms with Gasteiger partial charge in [0.15, 0.2) is 5.78 Å². The van der Waals surface area contributed by atoms with E-state index in [4.69, 9.17) is 11.6 Å². The topological polar surface area (TPSA) is 17.1 Å². The summed E-state index contributed by atoms with van der Waals surface area (Å²) in [4.78, 5) is 11.4. The molecular weight excluding hydrogens is 184 g/mol. The van der Waals surface area contributed by atoms with Crippen molar-refractivity contribution in [2.24, 2.45) is 0 Å². The molecule has 0 heterocycles. The van der Waals surface area contributed by atoms with Crippen molar-refractivity contribution in [3.8, 4) is 0 Å². The lowest BCUT2D eigenvalue weighted by molar-refractivity contribution is 0.103. The van der Waals surface area contributed by atoms with Gasteiger partial charge in [0.2, 0.25) is 0 Å². The number of carbonyl (C=O) groups excluding carboxylic acids is 1. The third-order valence-corrected chi connectivity index (χ3v) is 2.23. The van der Waals surface area contributed by atoms with E-state index in [9.17, 15) is 4.79 Å². The largest absolute Gasteiger partial charge is 0.289 e. The highest BCUT2D eigenvalue weighted by Gasteiger charge is 2.07. The second kappa shape index (κ2) is 3.75. The molecule has 0 unspecified atom stereocenters. The number of hydrogen-bond donors (Lipinski definition) is 0. The van der Waals surface area contributed by atoms with Gasteiger partial charge in [0.25, 0.3) is 0 Å². The third-order valence-electron chi connectivity index (χ3n) is 1.82. The predicted octanol–water partition coefficient (Wildman–Crippen LogP) is 3.41. The molecular formula is C11H11ClO. The van der Waals surface area contributed by atoms with E-state index in [1.807, 2.05) is 13.0 Å². The fraction of sp³-hybridized carbons (Fsp3) is 0.182. The summed E-state index contributed by atoms with van der Waals surface area (Å²) in [7, 11) is 0. The number of rotatable bonds is 2. The van der Waals surface area contributed by atoms with Gasteiger partial charge in [-0.2, -0.15) is 0 Å². The van der Waals surface area contributed by atoms with Gasteiger partial charge < -0.3 is 0 Å². The number of benzene rings is 1. The zero-order valence-electron chi connectivity index (χ0n) is 7.73. The van der Waals surface area contributed by atoms with Crippen LogP contribution in [0.3, 0.4) is 0 Å². The van der Waals surface area contributed by atoms with Crippen LogP contribution in [0.4, 0.5) is 0 Å². The van der Waals surface area contributed by atoms with Gasteiger partial charge in [0.05, 0.1) is 0 Å². The Hall–Kier alpha value is -1.08. The summed E-state index contributed by atoms with van der Waals surface area (Å²) >= 11 is 5.88. The molecule has 0 spiro atoms. The van der Waals surface area contributed by atoms with Crippen LogP contribution >= 0.6 is 11.6 Å². The number of allylic oxidation sites excluding steroid dienone is 1. The Labute approximate surface area is 83.0 Å². The van der Waals surface area contributed by atoms with Crippen molar-refractivity contribution >= 4 is 17.4 Å². The maximum Gasteiger partial charge on any atom is 0.188 e. The van der Waals surface area contributed by atoms with Gasteiger partial charge in [-0.1, -0.05) is 30.3 Å². The van der Waals surface area contributed by atoms with Crippen molar-refractivity contribution in [1.29, 1.82) is 0 Å². The number of halogens is 1. The summed E-state index contributed by atoms with van der Waals surface area (Å²) < 4.78 is 0. The summed E-state index contributed by atoms with van der Waals surface area (Å²) in [5.41, 5.74) is 2.10. The molecule has 1 aromatic carbocycles. The smallest absolute Gasteiger partial charge is 0.188 e. The van der Waals surface area contributed by atoms with Crippen molar-refractivity contribution in [1.82, 2.24) is 0 Å². The second-order valence-corrected chi connectivity index (χ2v) is 3.48. The third kappa shape index (κ3) is 2.19. The van der Waals surface area contributed by atoms with Crippen LogP contribution in [0.1, 0.15) is 22.8 Å². The Bertz CT molecular complexity index is 366. The quantitative estimate of drug-likeness (QED) is 0.521. The van der Waals surface area contributed by atoms with Crippen LogP contribution < -0.4 is 0 Å². The Balaban J connectivity index is 3.11. The zero-order chi connectivity index (χ0) is 10.0. The van der Waals surface area contributed by atoms with Crippen LogP contribution in [-0.4, -0.2) is 5.78 Å². The van der Waals surface area contributed by atoms with Crippen LogP contribution in [0, 0.1) is 6.92 Å². The SMILES string of the molecule is C=C(C)C(=O)c1ccc(C)c(Cl)c1. The molecule has 0 aliphatic carbocycles. The summed E-state index contributed by atoms with van der Waals surface area (Å²) in [6.45, 7) is 7.18. The summed E-state index contributed by atoms with van der Waals surface area (Å²) in [6, 6.07) is 5.27. The van der Waals surface area contributed by atoms with Gasteiger partial charge >= 0.3 is 0 Å². The minimum Gasteiger partial charge on any atom is -0.289 e. The highest BCUT2D eigenvalue weighted by molar-refractivity contribution is 6.31. The first-order valence-corrected chi connectivity index (χ1v) is 4.36. The Morgan fingerprint density at radius 2 is 2.08 bits per heavy atom. The maximum absolute atomic E-state index is 11.4. The van der Waals surface area contributed by atoms with Crippen LogP contribution in [0.2, 0.25) is 5.02 Å². The van der Waals surface area contributed by atoms with Crippen LogP contribution in [-0.2, 0) is 0 Å². The van der Waals surface area contributed by atoms with E-state index in [0.717, 1.165) is 5.56 Å². The fourth-order valence-corrected chi connectivity index (χ4v) is 1.16. The lowest BCUT2D eigenvalue weighted by Gasteiger charge is -2.02. The molecule has 1 rings (SSSR count). The molecule has 0 aromatic heterocycles. The van der Waals surface area contributed by atoms with Gasteiger partial charge in [-0.05, 0) is 31.1 Å². The molecule has 68 valence electrons. The summed E-state index contributed by atoms with van der Waals surface area (Å²) in [6.07, 6.45) is 0. The summed E-state index contributed by atoms with van der Waals surface area (Å²) in [5.74, 6) is -0.0538. The van der Waals surface area contributed by atoms with E-state index in [2.05, 4.69) is 6.58 Å². The lowest BCUT2D eigenvalue weighted by Crippen LogP contribution is -1.99. The number of carbonyl (C=O) groups is 1. The molecule has 13 heavy (non-hydrogen) atoms. The number of hydrogen-bond acceptors (Lipinski definition) is 1. The number of ketones is 1. The minimum absolute atomic E-state index is 0.0538. The first kappa shape index (κ1) is 10.0. The Morgan fingerprint density at radius 1 is 1.46 bits per heavy atom. The van der Waals surface area contributed by atoms with Crippen molar-refractivity contribution in [2.75, 3.05) is 0 Å². The molecule has 1 aromatic rings. The number of Topliss-reactive ketones (excluding diaryl/α,β-unsaturated/α-hetero) is 1. The van der Waals surface area contributed by atoms with Gasteiger partial charge in [-0.15, -0.1) is 0 Å². The molecule has 0 N–H and O–H groups in total. The van der Waals surface area contributed by atoms with Gasteiger partial charge in [-0.25, -0.2) is 0 Å². The molecule has 0 radical (unpaired) electrons. The monoisotopic (exact) mass is 194 g/mol. The van der Waals surface area contributed by atoms with Gasteiger partial charge in [0.1, 0.15) is 0 Å². The molecule has 1 nitrogen and oxygen atoms in total. The van der Waals surface area contributed by atoms with Crippen molar-refractivity contribution in [2.45, 2.75) is 13.8 Å². The highest BCUT2D eigenvalue weighted by atomic mass is 35.5. The van der Waals surface area contributed by atoms with Crippen LogP contribution in [0.15, 0.2) is 30.4 Å². The van der Waals surface area contributed by atoms with E-state index in [-0.39, 0.29) is 5.78 Å². The molecule has 0 fully saturated rings. The van der Waals surface area contributed by atoms with E-state index in [1.165, 1.54) is 0 Å². The molecule has 0 atom stereocenters. The molecule has 2 heteroatoms. The molecule has 0 bridgehead atoms. The molecule has 0 aliphatic heterocycles. The van der Waals surface area contributed by atoms with Crippen LogP contribution in [0.25, 0.3) is 0 Å². The molecule has 0 amide bonds. The Kier molecular flexibility index (Phi) is 2.89. The first-order valence-electron chi connectivity index (χ1n) is 3.98. The van der Waals surface area contributed by atoms with Gasteiger partial charge in [-0.3, -0.25) is 4.79 Å². The zero-order valence-corrected chi connectivity index (χ0v) is 8.48. The standard InChI is InChI=1S/C11H11ClO/c1-7(2)11(13)9-5-4-8(3)10(12)6-9/h4-6H,1H2,2-3H3. The second-order valence-electron chi connectivity index (χ2n) is 3.07. The summed E-state index contributed by atoms with van der Waals surface area (Å²) in [5, 5.41) is 0.618. The fourth-order valence-electron chi connectivity index (χ4n) is 0.980. The van der Waals surface area contributed by atoms with E-state index >= 15 is 0 Å². The maximum atomic E-state index is 11.4. The van der Waals surface area contributed by atoms with E-state index in [1.54, 1.807) is 19.1 Å². The first-order chi connectivity index (χ1) is 6.02. The molecule has 0 saturated heterocycles. The minimum atomic E-state index is -0.0538. The Morgan fingerprint density at radius 3 is 2.54 bits per heavy atom. The van der Waals surface area contributed by atoms with Crippen molar-refractivity contribution in [3.05, 3.63) is 46.5 Å². The van der Waals surface area contributed by atoms with Gasteiger partial charge in [0, 0.05) is 10.6 Å². The van der Waals surface area contributed by atoms with E-state index in [0.29, 0.717) is 16.2 Å². The number of aryl methyl sites for hydroxylation is 1. The van der Waals surface area contributed by atoms with Crippen molar-refractivity contribution < 1.29 is 4.79 Å². The van der Waals surface area contributed by atoms with Crippen LogP contribution in [0.5, 0.6) is 0 Å². The average molecular weight is 195 g/mol. The molecule has 0 aliphatic rings. The highest BCUT2D eigenvalue weighted by Crippen LogP contribution is 2.18. The molecule has 0 saturated carbocycles. The lowest BCUT2D eigenvalue weighted by atomic mass is 10.0. The predicted molar refractivity (Wildman–Crippen MR) is 55.3 cm³/mol. The average Bonchev–Trinajstić information content (AvgIpc) is 2.08. The normalized spacial score (nSPS) is 9.77. The van der Waals surface area contributed by atoms with E-state index < -0.39 is 0 Å². The van der Waals surface area contributed by atoms with Crippen molar-refractivity contribution in [3.63, 3.8) is 0 Å².